The molecule has 0 fully saturated rings. The molecule has 0 bridgehead atoms. The third-order valence-corrected chi connectivity index (χ3v) is 1.38. The van der Waals surface area contributed by atoms with E-state index in [4.69, 9.17) is 5.84 Å². The molecular weight excluding hydrogens is 285 g/mol. The van der Waals surface area contributed by atoms with Crippen LogP contribution in [0.15, 0.2) is 30.3 Å². The van der Waals surface area contributed by atoms with Gasteiger partial charge in [-0.25, -0.2) is 5.23 Å². The highest BCUT2D eigenvalue weighted by Crippen LogP contribution is 2.15. The van der Waals surface area contributed by atoms with Gasteiger partial charge in [-0.2, -0.15) is 4.94 Å². The normalized spacial score (nSPS) is 10.4. The predicted octanol–water partition coefficient (Wildman–Crippen LogP) is 1.07. The molecule has 0 amide bonds. The summed E-state index contributed by atoms with van der Waals surface area (Å²) in [6, 6.07) is 9.27. The van der Waals surface area contributed by atoms with Gasteiger partial charge in [0.05, 0.1) is 0 Å². The van der Waals surface area contributed by atoms with E-state index in [1.165, 1.54) is 0 Å². The smallest absolute Gasteiger partial charge is 0.0477 e. The van der Waals surface area contributed by atoms with E-state index in [1.54, 1.807) is 22.9 Å². The number of hydrazine groups is 2. The van der Waals surface area contributed by atoms with Crippen LogP contribution in [-0.2, 0) is 4.94 Å². The van der Waals surface area contributed by atoms with E-state index in [-0.39, 0.29) is 0 Å². The Hall–Kier alpha value is -0.450. The summed E-state index contributed by atoms with van der Waals surface area (Å²) in [5.74, 6) is 5.38. The van der Waals surface area contributed by atoms with Crippen LogP contribution in [0, 0.1) is 0 Å². The van der Waals surface area contributed by atoms with Crippen LogP contribution in [0.25, 0.3) is 5.43 Å². The molecule has 0 saturated carbocycles. The standard InChI is InChI=1S/C6H9IN5O/c7-10-13-11-12(8)9-6-4-2-1-3-5-6/h1-5,10-11H,8H2/q-1. The number of hydrogen-bond acceptors (Lipinski definition) is 5. The number of nitrogens with one attached hydrogen (secondary N) is 2. The molecule has 1 aromatic rings. The summed E-state index contributed by atoms with van der Waals surface area (Å²) in [6.45, 7) is 0. The van der Waals surface area contributed by atoms with Gasteiger partial charge in [0, 0.05) is 22.9 Å². The van der Waals surface area contributed by atoms with Crippen LogP contribution in [-0.4, -0.2) is 5.23 Å². The van der Waals surface area contributed by atoms with E-state index in [1.807, 2.05) is 30.3 Å². The molecule has 0 aromatic heterocycles. The van der Waals surface area contributed by atoms with Gasteiger partial charge in [0.15, 0.2) is 0 Å². The molecule has 0 atom stereocenters. The van der Waals surface area contributed by atoms with Gasteiger partial charge in [-0.05, 0) is 0 Å². The Bertz CT molecular complexity index is 234. The second-order valence-corrected chi connectivity index (χ2v) is 2.49. The zero-order valence-electron chi connectivity index (χ0n) is 6.64. The van der Waals surface area contributed by atoms with Crippen LogP contribution >= 0.6 is 22.9 Å². The highest BCUT2D eigenvalue weighted by molar-refractivity contribution is 14.1. The molecule has 72 valence electrons. The number of rotatable bonds is 5. The third-order valence-electron chi connectivity index (χ3n) is 1.16. The van der Waals surface area contributed by atoms with Crippen molar-refractivity contribution in [2.75, 3.05) is 0 Å². The minimum Gasteiger partial charge on any atom is -0.590 e. The van der Waals surface area contributed by atoms with Crippen molar-refractivity contribution in [1.29, 1.82) is 0 Å². The van der Waals surface area contributed by atoms with Crippen molar-refractivity contribution < 1.29 is 4.94 Å². The van der Waals surface area contributed by atoms with Gasteiger partial charge in [-0.3, -0.25) is 5.84 Å². The maximum atomic E-state index is 5.38. The Morgan fingerprint density at radius 3 is 2.69 bits per heavy atom. The first-order valence-electron chi connectivity index (χ1n) is 3.41. The number of halogens is 1. The average molecular weight is 294 g/mol. The monoisotopic (exact) mass is 294 g/mol. The molecule has 1 aromatic carbocycles. The fourth-order valence-corrected chi connectivity index (χ4v) is 0.802. The van der Waals surface area contributed by atoms with Gasteiger partial charge >= 0.3 is 0 Å². The zero-order chi connectivity index (χ0) is 9.52. The molecule has 0 aliphatic heterocycles. The molecule has 0 aliphatic rings. The van der Waals surface area contributed by atoms with Gasteiger partial charge in [-0.15, -0.1) is 15.0 Å². The van der Waals surface area contributed by atoms with Crippen LogP contribution in [0.4, 0.5) is 5.69 Å². The van der Waals surface area contributed by atoms with E-state index in [2.05, 4.69) is 19.6 Å². The fourth-order valence-electron chi connectivity index (χ4n) is 0.703. The molecule has 7 heteroatoms. The summed E-state index contributed by atoms with van der Waals surface area (Å²) in [7, 11) is 0. The molecule has 13 heavy (non-hydrogen) atoms. The van der Waals surface area contributed by atoms with Gasteiger partial charge in [0.1, 0.15) is 0 Å². The predicted molar refractivity (Wildman–Crippen MR) is 56.9 cm³/mol. The minimum absolute atomic E-state index is 0.731. The van der Waals surface area contributed by atoms with E-state index >= 15 is 0 Å². The third kappa shape index (κ3) is 4.36. The van der Waals surface area contributed by atoms with Crippen LogP contribution < -0.4 is 15.1 Å². The Morgan fingerprint density at radius 2 is 2.08 bits per heavy atom. The van der Waals surface area contributed by atoms with Crippen molar-refractivity contribution in [2.24, 2.45) is 5.84 Å². The first-order valence-corrected chi connectivity index (χ1v) is 4.49. The largest absolute Gasteiger partial charge is 0.590 e. The van der Waals surface area contributed by atoms with Crippen LogP contribution in [0.1, 0.15) is 0 Å². The molecule has 6 nitrogen and oxygen atoms in total. The number of nitrogens with two attached hydrogens (primary N) is 1. The van der Waals surface area contributed by atoms with E-state index in [9.17, 15) is 0 Å². The fraction of sp³-hybridized carbons (Fsp3) is 0. The Balaban J connectivity index is 2.32. The van der Waals surface area contributed by atoms with Gasteiger partial charge < -0.3 is 5.43 Å². The number of hydrogen-bond donors (Lipinski definition) is 3. The van der Waals surface area contributed by atoms with Crippen molar-refractivity contribution in [3.63, 3.8) is 0 Å². The highest BCUT2D eigenvalue weighted by Gasteiger charge is 1.84. The van der Waals surface area contributed by atoms with Gasteiger partial charge in [-0.1, -0.05) is 30.3 Å². The molecule has 0 spiro atoms. The molecule has 0 saturated heterocycles. The Morgan fingerprint density at radius 1 is 1.38 bits per heavy atom. The quantitative estimate of drug-likeness (QED) is 0.328. The van der Waals surface area contributed by atoms with E-state index in [0.717, 1.165) is 10.9 Å². The number of nitrogens with zero attached hydrogens (tertiary/aromatic N) is 2. The second kappa shape index (κ2) is 6.07. The summed E-state index contributed by atoms with van der Waals surface area (Å²) in [5.41, 5.74) is 6.97. The minimum atomic E-state index is 0.731. The number of benzene rings is 1. The summed E-state index contributed by atoms with van der Waals surface area (Å²) >= 11 is 1.79. The molecule has 4 N–H and O–H groups in total. The average Bonchev–Trinajstić information content (AvgIpc) is 2.16. The maximum Gasteiger partial charge on any atom is 0.0477 e. The first kappa shape index (κ1) is 10.6. The van der Waals surface area contributed by atoms with Crippen LogP contribution in [0.3, 0.4) is 0 Å². The summed E-state index contributed by atoms with van der Waals surface area (Å²) in [5, 5.41) is 0.959. The Labute approximate surface area is 89.7 Å². The first-order chi connectivity index (χ1) is 6.33. The molecule has 0 aliphatic carbocycles. The van der Waals surface area contributed by atoms with Crippen molar-refractivity contribution in [2.45, 2.75) is 0 Å². The van der Waals surface area contributed by atoms with E-state index in [0.29, 0.717) is 0 Å². The molecule has 0 unspecified atom stereocenters. The highest BCUT2D eigenvalue weighted by atomic mass is 127. The lowest BCUT2D eigenvalue weighted by Gasteiger charge is -2.32. The van der Waals surface area contributed by atoms with Crippen molar-refractivity contribution in [1.82, 2.24) is 14.5 Å². The lowest BCUT2D eigenvalue weighted by molar-refractivity contribution is -0.0820. The molecule has 1 rings (SSSR count). The van der Waals surface area contributed by atoms with Gasteiger partial charge in [0.25, 0.3) is 0 Å². The van der Waals surface area contributed by atoms with Crippen molar-refractivity contribution >= 4 is 28.6 Å². The SMILES string of the molecule is NN([N-]c1ccccc1)NONI. The second-order valence-electron chi connectivity index (χ2n) is 2.05. The topological polar surface area (TPSA) is 76.7 Å². The summed E-state index contributed by atoms with van der Waals surface area (Å²) in [6.07, 6.45) is 0. The maximum absolute atomic E-state index is 5.38. The lowest BCUT2D eigenvalue weighted by atomic mass is 10.3. The molecule has 0 radical (unpaired) electrons. The van der Waals surface area contributed by atoms with E-state index < -0.39 is 0 Å². The van der Waals surface area contributed by atoms with Crippen molar-refractivity contribution in [3.05, 3.63) is 35.8 Å². The van der Waals surface area contributed by atoms with Crippen LogP contribution in [0.5, 0.6) is 0 Å². The summed E-state index contributed by atoms with van der Waals surface area (Å²) in [4.78, 5) is 4.56. The van der Waals surface area contributed by atoms with Crippen LogP contribution in [0.2, 0.25) is 0 Å². The molecule has 0 heterocycles. The molecular formula is C6H9IN5O-. The Kier molecular flexibility index (Phi) is 4.97. The van der Waals surface area contributed by atoms with Gasteiger partial charge in [0.2, 0.25) is 0 Å². The zero-order valence-corrected chi connectivity index (χ0v) is 8.80. The lowest BCUT2D eigenvalue weighted by Crippen LogP contribution is -2.41. The van der Waals surface area contributed by atoms with Crippen molar-refractivity contribution in [3.8, 4) is 0 Å². The summed E-state index contributed by atoms with van der Waals surface area (Å²) < 4.78 is 2.36.